The fraction of sp³-hybridized carbons (Fsp3) is 0.333. The summed E-state index contributed by atoms with van der Waals surface area (Å²) in [6.07, 6.45) is 2.02. The molecule has 5 rings (SSSR count). The molecule has 0 spiro atoms. The molecule has 0 atom stereocenters. The van der Waals surface area contributed by atoms with Crippen molar-refractivity contribution in [3.05, 3.63) is 42.5 Å². The van der Waals surface area contributed by atoms with E-state index in [4.69, 9.17) is 0 Å². The summed E-state index contributed by atoms with van der Waals surface area (Å²) in [5.74, 6) is 0. The minimum atomic E-state index is -3.74. The molecule has 0 bridgehead atoms. The van der Waals surface area contributed by atoms with Gasteiger partial charge in [0.05, 0.1) is 23.1 Å². The third kappa shape index (κ3) is 2.69. The molecule has 0 radical (unpaired) electrons. The first-order valence-electron chi connectivity index (χ1n) is 8.97. The fourth-order valence-corrected chi connectivity index (χ4v) is 6.13. The summed E-state index contributed by atoms with van der Waals surface area (Å²) in [4.78, 5) is 2.45. The van der Waals surface area contributed by atoms with E-state index in [2.05, 4.69) is 19.0 Å². The molecule has 27 heavy (non-hydrogen) atoms. The van der Waals surface area contributed by atoms with E-state index in [1.807, 2.05) is 24.3 Å². The topological polar surface area (TPSA) is 78.4 Å². The summed E-state index contributed by atoms with van der Waals surface area (Å²) in [6, 6.07) is 13.2. The van der Waals surface area contributed by atoms with Crippen molar-refractivity contribution in [1.29, 1.82) is 0 Å². The third-order valence-electron chi connectivity index (χ3n) is 5.31. The van der Waals surface area contributed by atoms with Gasteiger partial charge >= 0.3 is 0 Å². The number of aromatic nitrogens is 2. The van der Waals surface area contributed by atoms with Gasteiger partial charge in [-0.1, -0.05) is 18.2 Å². The van der Waals surface area contributed by atoms with E-state index < -0.39 is 10.0 Å². The van der Waals surface area contributed by atoms with Crippen LogP contribution in [0.1, 0.15) is 12.8 Å². The van der Waals surface area contributed by atoms with Crippen LogP contribution in [-0.4, -0.2) is 43.0 Å². The van der Waals surface area contributed by atoms with E-state index in [1.165, 1.54) is 4.31 Å². The van der Waals surface area contributed by atoms with Crippen molar-refractivity contribution < 1.29 is 8.42 Å². The van der Waals surface area contributed by atoms with E-state index in [-0.39, 0.29) is 4.90 Å². The van der Waals surface area contributed by atoms with Crippen LogP contribution in [0.25, 0.3) is 11.0 Å². The zero-order chi connectivity index (χ0) is 18.4. The molecule has 0 aliphatic carbocycles. The van der Waals surface area contributed by atoms with Crippen molar-refractivity contribution in [2.75, 3.05) is 29.0 Å². The Kier molecular flexibility index (Phi) is 4.03. The molecule has 0 saturated carbocycles. The van der Waals surface area contributed by atoms with Gasteiger partial charge in [-0.05, 0) is 50.2 Å². The zero-order valence-corrected chi connectivity index (χ0v) is 16.2. The number of fused-ring (bicyclic) bond motifs is 2. The van der Waals surface area contributed by atoms with E-state index in [1.54, 1.807) is 18.2 Å². The van der Waals surface area contributed by atoms with E-state index >= 15 is 0 Å². The lowest BCUT2D eigenvalue weighted by Gasteiger charge is -2.33. The first kappa shape index (κ1) is 16.9. The normalized spacial score (nSPS) is 18.2. The maximum absolute atomic E-state index is 13.6. The number of anilines is 2. The molecular weight excluding hydrogens is 382 g/mol. The van der Waals surface area contributed by atoms with Crippen LogP contribution in [0.3, 0.4) is 0 Å². The van der Waals surface area contributed by atoms with Gasteiger partial charge in [0, 0.05) is 6.04 Å². The second-order valence-electron chi connectivity index (χ2n) is 6.82. The Hall–Kier alpha value is -2.23. The Balaban J connectivity index is 1.59. The van der Waals surface area contributed by atoms with Crippen LogP contribution in [0.2, 0.25) is 0 Å². The van der Waals surface area contributed by atoms with Crippen LogP contribution in [0, 0.1) is 0 Å². The number of benzene rings is 2. The fourth-order valence-electron chi connectivity index (χ4n) is 3.95. The lowest BCUT2D eigenvalue weighted by Crippen LogP contribution is -2.45. The molecule has 1 aromatic heterocycles. The first-order valence-corrected chi connectivity index (χ1v) is 11.1. The average molecular weight is 402 g/mol. The summed E-state index contributed by atoms with van der Waals surface area (Å²) in [6.45, 7) is 2.25. The molecule has 3 aromatic rings. The van der Waals surface area contributed by atoms with Crippen LogP contribution in [0.15, 0.2) is 47.4 Å². The Labute approximate surface area is 162 Å². The Bertz CT molecular complexity index is 1090. The molecule has 140 valence electrons. The predicted molar refractivity (Wildman–Crippen MR) is 107 cm³/mol. The van der Waals surface area contributed by atoms with Crippen molar-refractivity contribution >= 4 is 44.2 Å². The molecule has 2 aliphatic rings. The lowest BCUT2D eigenvalue weighted by atomic mass is 10.0. The van der Waals surface area contributed by atoms with Crippen LogP contribution in [-0.2, 0) is 10.0 Å². The number of nitrogens with one attached hydrogen (secondary N) is 1. The molecule has 3 heterocycles. The summed E-state index contributed by atoms with van der Waals surface area (Å²) in [5.41, 5.74) is 2.77. The molecule has 1 saturated heterocycles. The summed E-state index contributed by atoms with van der Waals surface area (Å²) < 4.78 is 37.0. The van der Waals surface area contributed by atoms with Crippen LogP contribution >= 0.6 is 11.7 Å². The number of hydrogen-bond donors (Lipinski definition) is 1. The van der Waals surface area contributed by atoms with Gasteiger partial charge in [-0.25, -0.2) is 12.7 Å². The van der Waals surface area contributed by atoms with Gasteiger partial charge in [0.2, 0.25) is 0 Å². The second-order valence-corrected chi connectivity index (χ2v) is 9.18. The molecule has 2 aliphatic heterocycles. The monoisotopic (exact) mass is 401 g/mol. The maximum atomic E-state index is 13.6. The van der Waals surface area contributed by atoms with Gasteiger partial charge in [-0.15, -0.1) is 0 Å². The number of hydrogen-bond acceptors (Lipinski definition) is 7. The number of nitrogens with zero attached hydrogens (tertiary/aromatic N) is 4. The second kappa shape index (κ2) is 6.43. The molecule has 2 aromatic carbocycles. The van der Waals surface area contributed by atoms with E-state index in [0.29, 0.717) is 23.7 Å². The molecule has 9 heteroatoms. The number of sulfonamides is 1. The van der Waals surface area contributed by atoms with Gasteiger partial charge < -0.3 is 10.2 Å². The minimum Gasteiger partial charge on any atom is -0.348 e. The average Bonchev–Trinajstić information content (AvgIpc) is 3.33. The van der Waals surface area contributed by atoms with Crippen molar-refractivity contribution in [3.8, 4) is 0 Å². The van der Waals surface area contributed by atoms with Crippen molar-refractivity contribution in [2.24, 2.45) is 0 Å². The maximum Gasteiger partial charge on any atom is 0.268 e. The van der Waals surface area contributed by atoms with Gasteiger partial charge in [0.1, 0.15) is 22.6 Å². The predicted octanol–water partition coefficient (Wildman–Crippen LogP) is 2.42. The molecule has 1 fully saturated rings. The number of piperidine rings is 1. The quantitative estimate of drug-likeness (QED) is 0.726. The van der Waals surface area contributed by atoms with Crippen molar-refractivity contribution in [1.82, 2.24) is 14.1 Å². The third-order valence-corrected chi connectivity index (χ3v) is 7.63. The number of rotatable bonds is 3. The zero-order valence-electron chi connectivity index (χ0n) is 14.6. The highest BCUT2D eigenvalue weighted by atomic mass is 32.2. The molecule has 0 amide bonds. The van der Waals surface area contributed by atoms with Gasteiger partial charge in [-0.3, -0.25) is 0 Å². The van der Waals surface area contributed by atoms with E-state index in [9.17, 15) is 8.42 Å². The standard InChI is InChI=1S/C18H19N5O2S2/c24-27(25,17-7-3-4-14-18(17)21-26-20-14)23-12-22(13-8-10-19-11-9-13)15-5-1-2-6-16(15)23/h1-7,13,19H,8-12H2. The van der Waals surface area contributed by atoms with Gasteiger partial charge in [0.15, 0.2) is 0 Å². The SMILES string of the molecule is O=S(=O)(c1cccc2nsnc12)N1CN(C2CCNCC2)c2ccccc21. The highest BCUT2D eigenvalue weighted by Gasteiger charge is 2.38. The van der Waals surface area contributed by atoms with E-state index in [0.717, 1.165) is 49.0 Å². The highest BCUT2D eigenvalue weighted by Crippen LogP contribution is 2.41. The summed E-state index contributed by atoms with van der Waals surface area (Å²) in [5, 5.41) is 3.37. The lowest BCUT2D eigenvalue weighted by molar-refractivity contribution is 0.436. The van der Waals surface area contributed by atoms with Crippen molar-refractivity contribution in [2.45, 2.75) is 23.8 Å². The summed E-state index contributed by atoms with van der Waals surface area (Å²) in [7, 11) is -3.74. The Morgan fingerprint density at radius 2 is 1.78 bits per heavy atom. The van der Waals surface area contributed by atoms with Gasteiger partial charge in [0.25, 0.3) is 10.0 Å². The van der Waals surface area contributed by atoms with Crippen molar-refractivity contribution in [3.63, 3.8) is 0 Å². The smallest absolute Gasteiger partial charge is 0.268 e. The summed E-state index contributed by atoms with van der Waals surface area (Å²) >= 11 is 1.03. The Morgan fingerprint density at radius 3 is 2.59 bits per heavy atom. The number of para-hydroxylation sites is 2. The molecule has 1 N–H and O–H groups in total. The molecule has 7 nitrogen and oxygen atoms in total. The molecular formula is C18H19N5O2S2. The van der Waals surface area contributed by atoms with Gasteiger partial charge in [-0.2, -0.15) is 8.75 Å². The highest BCUT2D eigenvalue weighted by molar-refractivity contribution is 7.93. The largest absolute Gasteiger partial charge is 0.348 e. The molecule has 0 unspecified atom stereocenters. The van der Waals surface area contributed by atoms with Crippen LogP contribution in [0.4, 0.5) is 11.4 Å². The van der Waals surface area contributed by atoms with Crippen LogP contribution < -0.4 is 14.5 Å². The minimum absolute atomic E-state index is 0.218. The van der Waals surface area contributed by atoms with Crippen LogP contribution in [0.5, 0.6) is 0 Å². The Morgan fingerprint density at radius 1 is 1.00 bits per heavy atom. The first-order chi connectivity index (χ1) is 13.2.